The second-order valence-corrected chi connectivity index (χ2v) is 6.22. The number of rotatable bonds is 4. The molecule has 0 spiro atoms. The van der Waals surface area contributed by atoms with E-state index in [0.29, 0.717) is 0 Å². The number of piperazine rings is 1. The van der Waals surface area contributed by atoms with Gasteiger partial charge in [0, 0.05) is 38.3 Å². The third-order valence-corrected chi connectivity index (χ3v) is 4.51. The quantitative estimate of drug-likeness (QED) is 0.861. The number of aryl methyl sites for hydroxylation is 1. The summed E-state index contributed by atoms with van der Waals surface area (Å²) in [6.07, 6.45) is 4.36. The van der Waals surface area contributed by atoms with Crippen LogP contribution in [-0.4, -0.2) is 48.4 Å². The third-order valence-electron chi connectivity index (χ3n) is 4.51. The Bertz CT molecular complexity index is 701. The fourth-order valence-corrected chi connectivity index (χ4v) is 3.02. The van der Waals surface area contributed by atoms with Crippen molar-refractivity contribution in [3.05, 3.63) is 77.4 Å². The van der Waals surface area contributed by atoms with Gasteiger partial charge in [-0.25, -0.2) is 0 Å². The van der Waals surface area contributed by atoms with E-state index < -0.39 is 0 Å². The van der Waals surface area contributed by atoms with Crippen molar-refractivity contribution >= 4 is 12.0 Å². The first-order valence-electron chi connectivity index (χ1n) is 8.53. The summed E-state index contributed by atoms with van der Waals surface area (Å²) >= 11 is 0. The Morgan fingerprint density at radius 1 is 0.958 bits per heavy atom. The van der Waals surface area contributed by atoms with E-state index in [1.165, 1.54) is 5.56 Å². The first-order valence-corrected chi connectivity index (χ1v) is 8.53. The lowest BCUT2D eigenvalue weighted by Crippen LogP contribution is -2.48. The van der Waals surface area contributed by atoms with Crippen molar-refractivity contribution in [2.75, 3.05) is 32.7 Å². The largest absolute Gasteiger partial charge is 0.336 e. The van der Waals surface area contributed by atoms with Crippen LogP contribution in [0.25, 0.3) is 6.08 Å². The molecule has 1 saturated heterocycles. The molecule has 2 aromatic rings. The highest BCUT2D eigenvalue weighted by Gasteiger charge is 2.22. The fourth-order valence-electron chi connectivity index (χ4n) is 3.02. The van der Waals surface area contributed by atoms with Crippen molar-refractivity contribution in [2.24, 2.45) is 0 Å². The number of hydrogen-bond acceptors (Lipinski definition) is 2. The van der Waals surface area contributed by atoms with Gasteiger partial charge in [-0.05, 0) is 24.1 Å². The molecule has 1 fully saturated rings. The molecule has 1 heterocycles. The molecule has 0 unspecified atom stereocenters. The van der Waals surface area contributed by atoms with E-state index >= 15 is 0 Å². The van der Waals surface area contributed by atoms with E-state index in [0.717, 1.165) is 43.9 Å². The van der Waals surface area contributed by atoms with Gasteiger partial charge < -0.3 is 4.90 Å². The molecule has 24 heavy (non-hydrogen) atoms. The molecule has 3 heteroatoms. The van der Waals surface area contributed by atoms with E-state index in [4.69, 9.17) is 0 Å². The molecule has 0 N–H and O–H groups in total. The standard InChI is InChI=1S/C21H24N2O/c1-18-8-5-6-12-20(18)21(24)23-16-14-22(15-17-23)13-7-11-19-9-3-2-4-10-19/h2-12H,13-17H2,1H3. The number of benzene rings is 2. The van der Waals surface area contributed by atoms with Crippen molar-refractivity contribution < 1.29 is 4.79 Å². The Morgan fingerprint density at radius 2 is 1.62 bits per heavy atom. The van der Waals surface area contributed by atoms with Crippen LogP contribution in [0.2, 0.25) is 0 Å². The molecule has 0 bridgehead atoms. The molecule has 0 atom stereocenters. The monoisotopic (exact) mass is 320 g/mol. The summed E-state index contributed by atoms with van der Waals surface area (Å²) in [7, 11) is 0. The van der Waals surface area contributed by atoms with Crippen LogP contribution in [0.3, 0.4) is 0 Å². The number of hydrogen-bond donors (Lipinski definition) is 0. The number of carbonyl (C=O) groups is 1. The second-order valence-electron chi connectivity index (χ2n) is 6.22. The van der Waals surface area contributed by atoms with Crippen LogP contribution in [0.15, 0.2) is 60.7 Å². The number of nitrogens with zero attached hydrogens (tertiary/aromatic N) is 2. The van der Waals surface area contributed by atoms with Gasteiger partial charge in [0.15, 0.2) is 0 Å². The maximum Gasteiger partial charge on any atom is 0.254 e. The fraction of sp³-hybridized carbons (Fsp3) is 0.286. The first kappa shape index (κ1) is 16.5. The molecule has 1 aliphatic heterocycles. The predicted molar refractivity (Wildman–Crippen MR) is 99.0 cm³/mol. The molecule has 124 valence electrons. The minimum Gasteiger partial charge on any atom is -0.336 e. The lowest BCUT2D eigenvalue weighted by Gasteiger charge is -2.34. The Balaban J connectivity index is 1.50. The first-order chi connectivity index (χ1) is 11.7. The van der Waals surface area contributed by atoms with Crippen LogP contribution in [0.4, 0.5) is 0 Å². The second kappa shape index (κ2) is 7.93. The highest BCUT2D eigenvalue weighted by molar-refractivity contribution is 5.95. The lowest BCUT2D eigenvalue weighted by molar-refractivity contribution is 0.0649. The normalized spacial score (nSPS) is 15.8. The van der Waals surface area contributed by atoms with E-state index in [9.17, 15) is 4.79 Å². The van der Waals surface area contributed by atoms with Crippen LogP contribution < -0.4 is 0 Å². The molecule has 0 saturated carbocycles. The van der Waals surface area contributed by atoms with Crippen LogP contribution in [0.5, 0.6) is 0 Å². The van der Waals surface area contributed by atoms with Gasteiger partial charge in [-0.1, -0.05) is 60.7 Å². The van der Waals surface area contributed by atoms with Gasteiger partial charge >= 0.3 is 0 Å². The maximum atomic E-state index is 12.6. The third kappa shape index (κ3) is 4.12. The van der Waals surface area contributed by atoms with Crippen LogP contribution in [-0.2, 0) is 0 Å². The van der Waals surface area contributed by atoms with E-state index in [1.54, 1.807) is 0 Å². The zero-order chi connectivity index (χ0) is 16.8. The summed E-state index contributed by atoms with van der Waals surface area (Å²) in [5.74, 6) is 0.160. The molecule has 1 amide bonds. The lowest BCUT2D eigenvalue weighted by atomic mass is 10.1. The van der Waals surface area contributed by atoms with E-state index in [1.807, 2.05) is 42.2 Å². The van der Waals surface area contributed by atoms with E-state index in [-0.39, 0.29) is 5.91 Å². The molecule has 2 aromatic carbocycles. The highest BCUT2D eigenvalue weighted by atomic mass is 16.2. The molecule has 1 aliphatic rings. The van der Waals surface area contributed by atoms with Gasteiger partial charge in [0.05, 0.1) is 0 Å². The van der Waals surface area contributed by atoms with Crippen molar-refractivity contribution in [1.29, 1.82) is 0 Å². The average Bonchev–Trinajstić information content (AvgIpc) is 2.63. The van der Waals surface area contributed by atoms with Crippen LogP contribution >= 0.6 is 0 Å². The highest BCUT2D eigenvalue weighted by Crippen LogP contribution is 2.13. The zero-order valence-electron chi connectivity index (χ0n) is 14.2. The Kier molecular flexibility index (Phi) is 5.44. The summed E-state index contributed by atoms with van der Waals surface area (Å²) in [4.78, 5) is 17.0. The van der Waals surface area contributed by atoms with Crippen molar-refractivity contribution in [3.63, 3.8) is 0 Å². The molecule has 3 nitrogen and oxygen atoms in total. The summed E-state index contributed by atoms with van der Waals surface area (Å²) < 4.78 is 0. The summed E-state index contributed by atoms with van der Waals surface area (Å²) in [5, 5.41) is 0. The Labute approximate surface area is 144 Å². The Morgan fingerprint density at radius 3 is 2.33 bits per heavy atom. The summed E-state index contributed by atoms with van der Waals surface area (Å²) in [5.41, 5.74) is 3.11. The van der Waals surface area contributed by atoms with Gasteiger partial charge in [0.2, 0.25) is 0 Å². The van der Waals surface area contributed by atoms with Gasteiger partial charge in [-0.15, -0.1) is 0 Å². The minimum atomic E-state index is 0.160. The van der Waals surface area contributed by atoms with Gasteiger partial charge in [-0.3, -0.25) is 9.69 Å². The SMILES string of the molecule is Cc1ccccc1C(=O)N1CCN(CC=Cc2ccccc2)CC1. The molecule has 0 aromatic heterocycles. The molecular weight excluding hydrogens is 296 g/mol. The Hall–Kier alpha value is -2.39. The number of amides is 1. The molecule has 0 radical (unpaired) electrons. The summed E-state index contributed by atoms with van der Waals surface area (Å²) in [6.45, 7) is 6.38. The van der Waals surface area contributed by atoms with Crippen molar-refractivity contribution in [1.82, 2.24) is 9.80 Å². The average molecular weight is 320 g/mol. The smallest absolute Gasteiger partial charge is 0.254 e. The molecule has 3 rings (SSSR count). The summed E-state index contributed by atoms with van der Waals surface area (Å²) in [6, 6.07) is 18.2. The van der Waals surface area contributed by atoms with Crippen molar-refractivity contribution in [3.8, 4) is 0 Å². The van der Waals surface area contributed by atoms with Gasteiger partial charge in [-0.2, -0.15) is 0 Å². The zero-order valence-corrected chi connectivity index (χ0v) is 14.2. The van der Waals surface area contributed by atoms with Gasteiger partial charge in [0.25, 0.3) is 5.91 Å². The van der Waals surface area contributed by atoms with Crippen LogP contribution in [0.1, 0.15) is 21.5 Å². The van der Waals surface area contributed by atoms with Crippen molar-refractivity contribution in [2.45, 2.75) is 6.92 Å². The topological polar surface area (TPSA) is 23.6 Å². The maximum absolute atomic E-state index is 12.6. The minimum absolute atomic E-state index is 0.160. The van der Waals surface area contributed by atoms with Gasteiger partial charge in [0.1, 0.15) is 0 Å². The predicted octanol–water partition coefficient (Wildman–Crippen LogP) is 3.47. The molecular formula is C21H24N2O. The van der Waals surface area contributed by atoms with Crippen LogP contribution in [0, 0.1) is 6.92 Å². The van der Waals surface area contributed by atoms with E-state index in [2.05, 4.69) is 41.3 Å². The number of carbonyl (C=O) groups excluding carboxylic acids is 1. The molecule has 0 aliphatic carbocycles.